The summed E-state index contributed by atoms with van der Waals surface area (Å²) in [6.45, 7) is 0. The molecule has 0 radical (unpaired) electrons. The summed E-state index contributed by atoms with van der Waals surface area (Å²) in [6, 6.07) is 25.5. The van der Waals surface area contributed by atoms with E-state index in [-0.39, 0.29) is 5.78 Å². The SMILES string of the molecule is COc1cccc(NC(C(=O)c2nn(C)cc2-c2ccccc2)c2ccc(C#N)cc2)c1. The smallest absolute Gasteiger partial charge is 0.210 e. The van der Waals surface area contributed by atoms with E-state index in [4.69, 9.17) is 10.00 Å². The number of ether oxygens (including phenoxy) is 1. The van der Waals surface area contributed by atoms with Gasteiger partial charge in [-0.05, 0) is 35.4 Å². The molecule has 0 aliphatic carbocycles. The molecule has 0 spiro atoms. The lowest BCUT2D eigenvalue weighted by Gasteiger charge is -2.20. The Kier molecular flexibility index (Phi) is 6.00. The zero-order valence-corrected chi connectivity index (χ0v) is 17.8. The van der Waals surface area contributed by atoms with Gasteiger partial charge in [0.15, 0.2) is 0 Å². The molecule has 32 heavy (non-hydrogen) atoms. The minimum absolute atomic E-state index is 0.169. The second-order valence-electron chi connectivity index (χ2n) is 7.34. The number of ketones is 1. The normalized spacial score (nSPS) is 11.4. The molecule has 4 rings (SSSR count). The Bertz CT molecular complexity index is 1270. The van der Waals surface area contributed by atoms with Gasteiger partial charge in [-0.1, -0.05) is 48.5 Å². The number of aryl methyl sites for hydroxylation is 1. The van der Waals surface area contributed by atoms with Gasteiger partial charge in [-0.2, -0.15) is 10.4 Å². The Hall–Kier alpha value is -4.37. The van der Waals surface area contributed by atoms with Gasteiger partial charge in [0.25, 0.3) is 0 Å². The van der Waals surface area contributed by atoms with E-state index < -0.39 is 6.04 Å². The highest BCUT2D eigenvalue weighted by atomic mass is 16.5. The molecule has 1 unspecified atom stereocenters. The molecule has 0 saturated carbocycles. The van der Waals surface area contributed by atoms with Crippen molar-refractivity contribution in [1.29, 1.82) is 5.26 Å². The van der Waals surface area contributed by atoms with Crippen LogP contribution < -0.4 is 10.1 Å². The molecule has 1 heterocycles. The first-order valence-electron chi connectivity index (χ1n) is 10.1. The van der Waals surface area contributed by atoms with Crippen LogP contribution in [0.25, 0.3) is 11.1 Å². The minimum Gasteiger partial charge on any atom is -0.497 e. The first-order valence-corrected chi connectivity index (χ1v) is 10.1. The summed E-state index contributed by atoms with van der Waals surface area (Å²) in [5.74, 6) is 0.515. The summed E-state index contributed by atoms with van der Waals surface area (Å²) in [4.78, 5) is 13.8. The van der Waals surface area contributed by atoms with Gasteiger partial charge >= 0.3 is 0 Å². The van der Waals surface area contributed by atoms with Crippen molar-refractivity contribution in [2.45, 2.75) is 6.04 Å². The highest BCUT2D eigenvalue weighted by Crippen LogP contribution is 2.30. The van der Waals surface area contributed by atoms with Crippen molar-refractivity contribution in [1.82, 2.24) is 9.78 Å². The molecule has 6 nitrogen and oxygen atoms in total. The summed E-state index contributed by atoms with van der Waals surface area (Å²) in [5, 5.41) is 17.0. The molecule has 1 N–H and O–H groups in total. The molecule has 0 amide bonds. The van der Waals surface area contributed by atoms with Gasteiger partial charge in [0.05, 0.1) is 18.7 Å². The van der Waals surface area contributed by atoms with Crippen molar-refractivity contribution in [3.05, 3.63) is 102 Å². The van der Waals surface area contributed by atoms with E-state index in [1.165, 1.54) is 0 Å². The minimum atomic E-state index is -0.702. The van der Waals surface area contributed by atoms with Crippen molar-refractivity contribution in [2.75, 3.05) is 12.4 Å². The van der Waals surface area contributed by atoms with E-state index >= 15 is 0 Å². The molecule has 0 aliphatic rings. The number of hydrogen-bond acceptors (Lipinski definition) is 5. The summed E-state index contributed by atoms with van der Waals surface area (Å²) in [5.41, 5.74) is 4.08. The van der Waals surface area contributed by atoms with Gasteiger partial charge in [0, 0.05) is 30.6 Å². The summed E-state index contributed by atoms with van der Waals surface area (Å²) < 4.78 is 6.97. The first kappa shape index (κ1) is 20.9. The molecule has 0 aliphatic heterocycles. The van der Waals surface area contributed by atoms with Gasteiger partial charge < -0.3 is 10.1 Å². The van der Waals surface area contributed by atoms with Crippen LogP contribution in [0.3, 0.4) is 0 Å². The van der Waals surface area contributed by atoms with Gasteiger partial charge in [-0.25, -0.2) is 0 Å². The third-order valence-electron chi connectivity index (χ3n) is 5.16. The zero-order chi connectivity index (χ0) is 22.5. The van der Waals surface area contributed by atoms with Crippen molar-refractivity contribution in [3.63, 3.8) is 0 Å². The average molecular weight is 422 g/mol. The molecular weight excluding hydrogens is 400 g/mol. The van der Waals surface area contributed by atoms with E-state index in [2.05, 4.69) is 16.5 Å². The van der Waals surface area contributed by atoms with Crippen LogP contribution in [0.15, 0.2) is 85.1 Å². The van der Waals surface area contributed by atoms with E-state index in [9.17, 15) is 4.79 Å². The fraction of sp³-hybridized carbons (Fsp3) is 0.115. The lowest BCUT2D eigenvalue weighted by molar-refractivity contribution is 0.0964. The number of carbonyl (C=O) groups excluding carboxylic acids is 1. The maximum absolute atomic E-state index is 13.8. The number of hydrogen-bond donors (Lipinski definition) is 1. The molecule has 158 valence electrons. The molecule has 1 aromatic heterocycles. The molecule has 6 heteroatoms. The van der Waals surface area contributed by atoms with E-state index in [0.29, 0.717) is 17.0 Å². The van der Waals surface area contributed by atoms with Crippen LogP contribution in [0.5, 0.6) is 5.75 Å². The number of nitriles is 1. The highest BCUT2D eigenvalue weighted by Gasteiger charge is 2.27. The number of Topliss-reactive ketones (excluding diaryl/α,β-unsaturated/α-hetero) is 1. The molecule has 0 bridgehead atoms. The number of aromatic nitrogens is 2. The number of carbonyl (C=O) groups is 1. The van der Waals surface area contributed by atoms with Crippen LogP contribution in [0.2, 0.25) is 0 Å². The van der Waals surface area contributed by atoms with Crippen molar-refractivity contribution >= 4 is 11.5 Å². The summed E-state index contributed by atoms with van der Waals surface area (Å²) in [7, 11) is 3.40. The van der Waals surface area contributed by atoms with E-state index in [1.54, 1.807) is 43.1 Å². The van der Waals surface area contributed by atoms with Crippen LogP contribution in [0, 0.1) is 11.3 Å². The topological polar surface area (TPSA) is 79.9 Å². The number of methoxy groups -OCH3 is 1. The number of nitrogens with one attached hydrogen (secondary N) is 1. The monoisotopic (exact) mass is 422 g/mol. The van der Waals surface area contributed by atoms with Crippen LogP contribution >= 0.6 is 0 Å². The Morgan fingerprint density at radius 3 is 2.50 bits per heavy atom. The van der Waals surface area contributed by atoms with Gasteiger partial charge in [0.2, 0.25) is 5.78 Å². The Morgan fingerprint density at radius 2 is 1.81 bits per heavy atom. The molecule has 0 saturated heterocycles. The molecule has 3 aromatic carbocycles. The van der Waals surface area contributed by atoms with Crippen LogP contribution in [0.1, 0.15) is 27.7 Å². The van der Waals surface area contributed by atoms with Crippen molar-refractivity contribution in [3.8, 4) is 22.9 Å². The van der Waals surface area contributed by atoms with E-state index in [0.717, 1.165) is 22.4 Å². The number of anilines is 1. The average Bonchev–Trinajstić information content (AvgIpc) is 3.24. The number of benzene rings is 3. The maximum Gasteiger partial charge on any atom is 0.210 e. The quantitative estimate of drug-likeness (QED) is 0.424. The van der Waals surface area contributed by atoms with Gasteiger partial charge in [-0.3, -0.25) is 9.48 Å². The Morgan fingerprint density at radius 1 is 1.06 bits per heavy atom. The highest BCUT2D eigenvalue weighted by molar-refractivity contribution is 6.05. The third kappa shape index (κ3) is 4.37. The third-order valence-corrected chi connectivity index (χ3v) is 5.16. The molecule has 0 fully saturated rings. The largest absolute Gasteiger partial charge is 0.497 e. The predicted molar refractivity (Wildman–Crippen MR) is 123 cm³/mol. The van der Waals surface area contributed by atoms with Crippen LogP contribution in [0.4, 0.5) is 5.69 Å². The molecular formula is C26H22N4O2. The lowest BCUT2D eigenvalue weighted by Crippen LogP contribution is -2.22. The number of nitrogens with zero attached hydrogens (tertiary/aromatic N) is 3. The summed E-state index contributed by atoms with van der Waals surface area (Å²) >= 11 is 0. The fourth-order valence-corrected chi connectivity index (χ4v) is 3.57. The van der Waals surface area contributed by atoms with Crippen LogP contribution in [-0.2, 0) is 7.05 Å². The fourth-order valence-electron chi connectivity index (χ4n) is 3.57. The van der Waals surface area contributed by atoms with Gasteiger partial charge in [-0.15, -0.1) is 0 Å². The van der Waals surface area contributed by atoms with Gasteiger partial charge in [0.1, 0.15) is 17.5 Å². The van der Waals surface area contributed by atoms with Crippen LogP contribution in [-0.4, -0.2) is 22.7 Å². The van der Waals surface area contributed by atoms with Crippen molar-refractivity contribution in [2.24, 2.45) is 7.05 Å². The first-order chi connectivity index (χ1) is 15.6. The standard InChI is InChI=1S/C26H22N4O2/c1-30-17-23(19-7-4-3-5-8-19)25(29-30)26(31)24(20-13-11-18(16-27)12-14-20)28-21-9-6-10-22(15-21)32-2/h3-15,17,24,28H,1-2H3. The van der Waals surface area contributed by atoms with E-state index in [1.807, 2.05) is 60.8 Å². The zero-order valence-electron chi connectivity index (χ0n) is 17.8. The Labute approximate surface area is 186 Å². The summed E-state index contributed by atoms with van der Waals surface area (Å²) in [6.07, 6.45) is 1.85. The molecule has 4 aromatic rings. The predicted octanol–water partition coefficient (Wildman–Crippen LogP) is 5.00. The second kappa shape index (κ2) is 9.19. The maximum atomic E-state index is 13.8. The van der Waals surface area contributed by atoms with Crippen molar-refractivity contribution < 1.29 is 9.53 Å². The second-order valence-corrected chi connectivity index (χ2v) is 7.34. The lowest BCUT2D eigenvalue weighted by atomic mass is 9.95. The molecule has 1 atom stereocenters. The number of rotatable bonds is 7. The Balaban J connectivity index is 1.77.